The maximum Gasteiger partial charge on any atom is 0.207 e. The van der Waals surface area contributed by atoms with Crippen LogP contribution in [0.25, 0.3) is 11.3 Å². The zero-order chi connectivity index (χ0) is 20.5. The van der Waals surface area contributed by atoms with Gasteiger partial charge in [-0.25, -0.2) is 18.8 Å². The number of benzene rings is 3. The smallest absolute Gasteiger partial charge is 0.207 e. The summed E-state index contributed by atoms with van der Waals surface area (Å²) in [5.74, 6) is -0.555. The molecule has 6 heteroatoms. The van der Waals surface area contributed by atoms with Crippen molar-refractivity contribution in [3.8, 4) is 11.3 Å². The second-order valence-corrected chi connectivity index (χ2v) is 7.89. The van der Waals surface area contributed by atoms with Crippen molar-refractivity contribution in [2.45, 2.75) is 12.5 Å². The lowest BCUT2D eigenvalue weighted by Gasteiger charge is -2.21. The van der Waals surface area contributed by atoms with Crippen molar-refractivity contribution in [2.75, 3.05) is 5.01 Å². The van der Waals surface area contributed by atoms with Gasteiger partial charge in [-0.2, -0.15) is 5.10 Å². The normalized spacial score (nSPS) is 16.0. The molecule has 0 saturated heterocycles. The molecule has 30 heavy (non-hydrogen) atoms. The van der Waals surface area contributed by atoms with Gasteiger partial charge in [0.25, 0.3) is 0 Å². The van der Waals surface area contributed by atoms with E-state index in [-0.39, 0.29) is 17.7 Å². The molecule has 1 aromatic heterocycles. The number of aromatic nitrogens is 1. The van der Waals surface area contributed by atoms with Crippen LogP contribution in [0.1, 0.15) is 23.6 Å². The second-order valence-electron chi connectivity index (χ2n) is 7.05. The fraction of sp³-hybridized carbons (Fsp3) is 0.0833. The van der Waals surface area contributed by atoms with Crippen molar-refractivity contribution in [1.29, 1.82) is 0 Å². The number of anilines is 1. The summed E-state index contributed by atoms with van der Waals surface area (Å²) in [4.78, 5) is 4.80. The van der Waals surface area contributed by atoms with Gasteiger partial charge in [-0.1, -0.05) is 54.6 Å². The zero-order valence-corrected chi connectivity index (χ0v) is 16.7. The van der Waals surface area contributed by atoms with Crippen molar-refractivity contribution in [2.24, 2.45) is 5.10 Å². The molecule has 3 nitrogen and oxygen atoms in total. The van der Waals surface area contributed by atoms with Gasteiger partial charge in [-0.3, -0.25) is 0 Å². The molecule has 0 saturated carbocycles. The molecular weight excluding hydrogens is 400 g/mol. The van der Waals surface area contributed by atoms with Gasteiger partial charge in [-0.05, 0) is 35.4 Å². The molecule has 0 fully saturated rings. The fourth-order valence-electron chi connectivity index (χ4n) is 3.56. The quantitative estimate of drug-likeness (QED) is 0.382. The minimum absolute atomic E-state index is 0.111. The van der Waals surface area contributed by atoms with E-state index >= 15 is 0 Å². The summed E-state index contributed by atoms with van der Waals surface area (Å²) in [5, 5.41) is 9.49. The Labute approximate surface area is 177 Å². The lowest BCUT2D eigenvalue weighted by molar-refractivity contribution is 0.624. The Morgan fingerprint density at radius 1 is 0.800 bits per heavy atom. The Morgan fingerprint density at radius 3 is 2.17 bits per heavy atom. The molecular formula is C24H17F2N3S. The lowest BCUT2D eigenvalue weighted by atomic mass is 9.98. The highest BCUT2D eigenvalue weighted by atomic mass is 32.1. The number of rotatable bonds is 4. The van der Waals surface area contributed by atoms with Gasteiger partial charge in [0.05, 0.1) is 17.4 Å². The van der Waals surface area contributed by atoms with Gasteiger partial charge in [0.15, 0.2) is 0 Å². The van der Waals surface area contributed by atoms with E-state index in [1.807, 2.05) is 40.7 Å². The van der Waals surface area contributed by atoms with Crippen LogP contribution in [-0.4, -0.2) is 10.7 Å². The molecule has 0 aliphatic carbocycles. The number of hydrogen-bond acceptors (Lipinski definition) is 4. The third kappa shape index (κ3) is 3.62. The largest absolute Gasteiger partial charge is 0.231 e. The van der Waals surface area contributed by atoms with Crippen LogP contribution in [0.3, 0.4) is 0 Å². The Balaban J connectivity index is 1.53. The van der Waals surface area contributed by atoms with Crippen molar-refractivity contribution in [3.05, 3.63) is 107 Å². The van der Waals surface area contributed by atoms with E-state index in [1.165, 1.54) is 35.6 Å². The van der Waals surface area contributed by atoms with Crippen molar-refractivity contribution in [3.63, 3.8) is 0 Å². The monoisotopic (exact) mass is 417 g/mol. The first kappa shape index (κ1) is 18.6. The number of nitrogens with zero attached hydrogens (tertiary/aromatic N) is 3. The molecule has 0 amide bonds. The highest BCUT2D eigenvalue weighted by Crippen LogP contribution is 2.39. The lowest BCUT2D eigenvalue weighted by Crippen LogP contribution is -2.18. The summed E-state index contributed by atoms with van der Waals surface area (Å²) in [7, 11) is 0. The van der Waals surface area contributed by atoms with Gasteiger partial charge in [0.1, 0.15) is 11.6 Å². The minimum atomic E-state index is -0.281. The van der Waals surface area contributed by atoms with Crippen LogP contribution < -0.4 is 5.01 Å². The Morgan fingerprint density at radius 2 is 1.47 bits per heavy atom. The van der Waals surface area contributed by atoms with E-state index in [2.05, 4.69) is 0 Å². The summed E-state index contributed by atoms with van der Waals surface area (Å²) < 4.78 is 26.8. The third-order valence-electron chi connectivity index (χ3n) is 5.10. The molecule has 1 unspecified atom stereocenters. The van der Waals surface area contributed by atoms with Gasteiger partial charge in [0.2, 0.25) is 5.13 Å². The summed E-state index contributed by atoms with van der Waals surface area (Å²) in [6.07, 6.45) is 0.623. The van der Waals surface area contributed by atoms with Crippen molar-refractivity contribution in [1.82, 2.24) is 4.98 Å². The number of halogens is 2. The summed E-state index contributed by atoms with van der Waals surface area (Å²) in [5.41, 5.74) is 4.60. The van der Waals surface area contributed by atoms with E-state index < -0.39 is 0 Å². The maximum atomic E-state index is 13.5. The average Bonchev–Trinajstić information content (AvgIpc) is 3.43. The summed E-state index contributed by atoms with van der Waals surface area (Å²) in [6.45, 7) is 0. The predicted octanol–water partition coefficient (Wildman–Crippen LogP) is 6.44. The third-order valence-corrected chi connectivity index (χ3v) is 5.93. The first-order chi connectivity index (χ1) is 14.7. The molecule has 0 bridgehead atoms. The van der Waals surface area contributed by atoms with Crippen LogP contribution >= 0.6 is 11.3 Å². The Kier molecular flexibility index (Phi) is 4.85. The molecule has 0 N–H and O–H groups in total. The van der Waals surface area contributed by atoms with Gasteiger partial charge in [0, 0.05) is 17.4 Å². The first-order valence-corrected chi connectivity index (χ1v) is 10.4. The molecule has 4 aromatic rings. The number of thiazole rings is 1. The van der Waals surface area contributed by atoms with Crippen LogP contribution in [-0.2, 0) is 0 Å². The van der Waals surface area contributed by atoms with Crippen LogP contribution in [0.4, 0.5) is 13.9 Å². The molecule has 1 atom stereocenters. The van der Waals surface area contributed by atoms with E-state index in [0.29, 0.717) is 6.42 Å². The molecule has 1 aliphatic rings. The average molecular weight is 417 g/mol. The molecule has 2 heterocycles. The van der Waals surface area contributed by atoms with E-state index in [0.717, 1.165) is 33.2 Å². The molecule has 5 rings (SSSR count). The molecule has 0 radical (unpaired) electrons. The van der Waals surface area contributed by atoms with Gasteiger partial charge in [-0.15, -0.1) is 11.3 Å². The maximum absolute atomic E-state index is 13.5. The van der Waals surface area contributed by atoms with Crippen molar-refractivity contribution < 1.29 is 8.78 Å². The molecule has 0 spiro atoms. The van der Waals surface area contributed by atoms with E-state index in [4.69, 9.17) is 10.1 Å². The predicted molar refractivity (Wildman–Crippen MR) is 117 cm³/mol. The molecule has 1 aliphatic heterocycles. The standard InChI is InChI=1S/C24H17F2N3S/c25-19-10-6-17(7-11-19)21-14-23(18-8-12-20(26)13-9-18)29(28-21)24-27-22(15-30-24)16-4-2-1-3-5-16/h1-13,15,23H,14H2. The summed E-state index contributed by atoms with van der Waals surface area (Å²) >= 11 is 1.52. The molecule has 3 aromatic carbocycles. The second kappa shape index (κ2) is 7.80. The number of hydrazone groups is 1. The topological polar surface area (TPSA) is 28.5 Å². The van der Waals surface area contributed by atoms with E-state index in [1.54, 1.807) is 24.3 Å². The highest BCUT2D eigenvalue weighted by molar-refractivity contribution is 7.14. The van der Waals surface area contributed by atoms with Crippen molar-refractivity contribution >= 4 is 22.2 Å². The minimum Gasteiger partial charge on any atom is -0.231 e. The van der Waals surface area contributed by atoms with Crippen LogP contribution in [0.5, 0.6) is 0 Å². The Hall–Kier alpha value is -3.38. The van der Waals surface area contributed by atoms with Gasteiger partial charge >= 0.3 is 0 Å². The number of hydrogen-bond donors (Lipinski definition) is 0. The van der Waals surface area contributed by atoms with Crippen LogP contribution in [0.2, 0.25) is 0 Å². The van der Waals surface area contributed by atoms with Crippen LogP contribution in [0.15, 0.2) is 89.3 Å². The van der Waals surface area contributed by atoms with Gasteiger partial charge < -0.3 is 0 Å². The first-order valence-electron chi connectivity index (χ1n) is 9.56. The summed E-state index contributed by atoms with van der Waals surface area (Å²) in [6, 6.07) is 22.7. The fourth-order valence-corrected chi connectivity index (χ4v) is 4.39. The van der Waals surface area contributed by atoms with E-state index in [9.17, 15) is 8.78 Å². The van der Waals surface area contributed by atoms with Crippen LogP contribution in [0, 0.1) is 11.6 Å². The SMILES string of the molecule is Fc1ccc(C2=NN(c3nc(-c4ccccc4)cs3)C(c3ccc(F)cc3)C2)cc1. The Bertz CT molecular complexity index is 1190. The molecule has 148 valence electrons. The zero-order valence-electron chi connectivity index (χ0n) is 15.9. The highest BCUT2D eigenvalue weighted by Gasteiger charge is 2.31.